The molecule has 1 saturated heterocycles. The third-order valence-corrected chi connectivity index (χ3v) is 2.34. The van der Waals surface area contributed by atoms with E-state index in [-0.39, 0.29) is 0 Å². The van der Waals surface area contributed by atoms with E-state index in [1.54, 1.807) is 0 Å². The lowest BCUT2D eigenvalue weighted by Gasteiger charge is -2.33. The van der Waals surface area contributed by atoms with Gasteiger partial charge in [0, 0.05) is 33.1 Å². The Balaban J connectivity index is 2.70. The number of urea groups is 1. The number of amides is 2. The molecule has 0 bridgehead atoms. The van der Waals surface area contributed by atoms with E-state index in [9.17, 15) is 9.59 Å². The summed E-state index contributed by atoms with van der Waals surface area (Å²) >= 11 is 0. The Morgan fingerprint density at radius 2 is 1.93 bits per heavy atom. The monoisotopic (exact) mass is 202 g/mol. The predicted octanol–water partition coefficient (Wildman–Crippen LogP) is -0.451. The number of carbonyl (C=O) groups excluding carboxylic acids is 1. The molecule has 0 atom stereocenters. The fourth-order valence-corrected chi connectivity index (χ4v) is 1.39. The molecule has 3 N–H and O–H groups in total. The first-order valence-electron chi connectivity index (χ1n) is 4.42. The van der Waals surface area contributed by atoms with Crippen LogP contribution in [-0.2, 0) is 9.53 Å². The minimum absolute atomic E-state index is 0.301. The lowest BCUT2D eigenvalue weighted by Crippen LogP contribution is -2.59. The molecule has 0 saturated carbocycles. The van der Waals surface area contributed by atoms with Crippen molar-refractivity contribution in [1.82, 2.24) is 10.6 Å². The normalized spacial score (nSPS) is 19.8. The van der Waals surface area contributed by atoms with Crippen molar-refractivity contribution in [2.24, 2.45) is 0 Å². The molecule has 6 nitrogen and oxygen atoms in total. The fourth-order valence-electron chi connectivity index (χ4n) is 1.39. The van der Waals surface area contributed by atoms with E-state index in [0.29, 0.717) is 26.1 Å². The molecule has 0 aliphatic carbocycles. The number of carbonyl (C=O) groups is 2. The molecule has 0 unspecified atom stereocenters. The van der Waals surface area contributed by atoms with Gasteiger partial charge in [-0.15, -0.1) is 0 Å². The van der Waals surface area contributed by atoms with Crippen LogP contribution < -0.4 is 10.6 Å². The van der Waals surface area contributed by atoms with Gasteiger partial charge >= 0.3 is 12.0 Å². The summed E-state index contributed by atoms with van der Waals surface area (Å²) in [6, 6.07) is -0.477. The Hall–Kier alpha value is -1.30. The van der Waals surface area contributed by atoms with Crippen molar-refractivity contribution in [2.45, 2.75) is 18.4 Å². The third-order valence-electron chi connectivity index (χ3n) is 2.34. The number of carboxylic acids is 1. The van der Waals surface area contributed by atoms with Crippen molar-refractivity contribution < 1.29 is 19.4 Å². The van der Waals surface area contributed by atoms with Gasteiger partial charge in [0.1, 0.15) is 5.54 Å². The van der Waals surface area contributed by atoms with Crippen LogP contribution >= 0.6 is 0 Å². The Labute approximate surface area is 81.6 Å². The molecule has 80 valence electrons. The molecule has 1 aliphatic heterocycles. The standard InChI is InChI=1S/C8H14N2O4/c1-9-7(13)10-8(6(11)12)2-4-14-5-3-8/h2-5H2,1H3,(H,11,12)(H2,9,10,13). The summed E-state index contributed by atoms with van der Waals surface area (Å²) in [7, 11) is 1.45. The number of carboxylic acid groups (broad SMARTS) is 1. The molecule has 0 spiro atoms. The van der Waals surface area contributed by atoms with Crippen LogP contribution in [0.5, 0.6) is 0 Å². The van der Waals surface area contributed by atoms with E-state index < -0.39 is 17.5 Å². The third kappa shape index (κ3) is 2.14. The smallest absolute Gasteiger partial charge is 0.329 e. The predicted molar refractivity (Wildman–Crippen MR) is 48.0 cm³/mol. The molecule has 1 aliphatic rings. The zero-order chi connectivity index (χ0) is 10.6. The van der Waals surface area contributed by atoms with Crippen LogP contribution in [0.25, 0.3) is 0 Å². The van der Waals surface area contributed by atoms with E-state index in [1.807, 2.05) is 0 Å². The fraction of sp³-hybridized carbons (Fsp3) is 0.750. The number of rotatable bonds is 2. The molecule has 14 heavy (non-hydrogen) atoms. The Morgan fingerprint density at radius 3 is 2.36 bits per heavy atom. The van der Waals surface area contributed by atoms with Gasteiger partial charge in [0.15, 0.2) is 0 Å². The average molecular weight is 202 g/mol. The van der Waals surface area contributed by atoms with Gasteiger partial charge in [-0.1, -0.05) is 0 Å². The number of ether oxygens (including phenoxy) is 1. The van der Waals surface area contributed by atoms with Gasteiger partial charge in [0.25, 0.3) is 0 Å². The molecule has 0 aromatic carbocycles. The van der Waals surface area contributed by atoms with E-state index in [1.165, 1.54) is 7.05 Å². The van der Waals surface area contributed by atoms with Crippen molar-refractivity contribution >= 4 is 12.0 Å². The van der Waals surface area contributed by atoms with Crippen LogP contribution in [0.4, 0.5) is 4.79 Å². The van der Waals surface area contributed by atoms with Crippen molar-refractivity contribution in [2.75, 3.05) is 20.3 Å². The highest BCUT2D eigenvalue weighted by atomic mass is 16.5. The maximum atomic E-state index is 11.1. The van der Waals surface area contributed by atoms with E-state index in [4.69, 9.17) is 9.84 Å². The van der Waals surface area contributed by atoms with Crippen LogP contribution in [-0.4, -0.2) is 42.9 Å². The quantitative estimate of drug-likeness (QED) is 0.566. The first-order valence-corrected chi connectivity index (χ1v) is 4.42. The molecule has 0 aromatic heterocycles. The molecular weight excluding hydrogens is 188 g/mol. The molecule has 2 amide bonds. The highest BCUT2D eigenvalue weighted by molar-refractivity contribution is 5.86. The molecule has 1 fully saturated rings. The Bertz CT molecular complexity index is 235. The SMILES string of the molecule is CNC(=O)NC1(C(=O)O)CCOCC1. The summed E-state index contributed by atoms with van der Waals surface area (Å²) in [4.78, 5) is 22.1. The largest absolute Gasteiger partial charge is 0.480 e. The highest BCUT2D eigenvalue weighted by Gasteiger charge is 2.41. The maximum Gasteiger partial charge on any atom is 0.329 e. The summed E-state index contributed by atoms with van der Waals surface area (Å²) in [6.07, 6.45) is 0.603. The van der Waals surface area contributed by atoms with Crippen LogP contribution in [0.2, 0.25) is 0 Å². The summed E-state index contributed by atoms with van der Waals surface area (Å²) in [5, 5.41) is 13.8. The van der Waals surface area contributed by atoms with E-state index in [2.05, 4.69) is 10.6 Å². The zero-order valence-corrected chi connectivity index (χ0v) is 8.00. The topological polar surface area (TPSA) is 87.7 Å². The Kier molecular flexibility index (Phi) is 3.29. The minimum Gasteiger partial charge on any atom is -0.480 e. The van der Waals surface area contributed by atoms with Crippen LogP contribution in [0.1, 0.15) is 12.8 Å². The van der Waals surface area contributed by atoms with Crippen molar-refractivity contribution in [3.05, 3.63) is 0 Å². The number of nitrogens with one attached hydrogen (secondary N) is 2. The average Bonchev–Trinajstić information content (AvgIpc) is 2.19. The second-order valence-electron chi connectivity index (χ2n) is 3.20. The van der Waals surface area contributed by atoms with Gasteiger partial charge < -0.3 is 20.5 Å². The maximum absolute atomic E-state index is 11.1. The molecule has 0 aromatic rings. The van der Waals surface area contributed by atoms with Gasteiger partial charge in [-0.2, -0.15) is 0 Å². The summed E-state index contributed by atoms with van der Waals surface area (Å²) < 4.78 is 5.06. The summed E-state index contributed by atoms with van der Waals surface area (Å²) in [6.45, 7) is 0.715. The minimum atomic E-state index is -1.17. The summed E-state index contributed by atoms with van der Waals surface area (Å²) in [5.74, 6) is -1.01. The molecule has 6 heteroatoms. The summed E-state index contributed by atoms with van der Waals surface area (Å²) in [5.41, 5.74) is -1.17. The highest BCUT2D eigenvalue weighted by Crippen LogP contribution is 2.20. The molecule has 1 rings (SSSR count). The van der Waals surface area contributed by atoms with Crippen LogP contribution in [0, 0.1) is 0 Å². The number of hydrogen-bond acceptors (Lipinski definition) is 3. The molecule has 1 heterocycles. The lowest BCUT2D eigenvalue weighted by atomic mass is 9.90. The number of hydrogen-bond donors (Lipinski definition) is 3. The van der Waals surface area contributed by atoms with Crippen molar-refractivity contribution in [1.29, 1.82) is 0 Å². The van der Waals surface area contributed by atoms with Gasteiger partial charge in [-0.05, 0) is 0 Å². The van der Waals surface area contributed by atoms with E-state index >= 15 is 0 Å². The van der Waals surface area contributed by atoms with Crippen LogP contribution in [0.15, 0.2) is 0 Å². The molecule has 0 radical (unpaired) electrons. The molecular formula is C8H14N2O4. The number of aliphatic carboxylic acids is 1. The zero-order valence-electron chi connectivity index (χ0n) is 8.00. The van der Waals surface area contributed by atoms with Crippen molar-refractivity contribution in [3.8, 4) is 0 Å². The van der Waals surface area contributed by atoms with Gasteiger partial charge in [-0.3, -0.25) is 0 Å². The second kappa shape index (κ2) is 4.28. The first-order chi connectivity index (χ1) is 6.60. The van der Waals surface area contributed by atoms with E-state index in [0.717, 1.165) is 0 Å². The van der Waals surface area contributed by atoms with Crippen LogP contribution in [0.3, 0.4) is 0 Å². The Morgan fingerprint density at radius 1 is 1.36 bits per heavy atom. The van der Waals surface area contributed by atoms with Gasteiger partial charge in [-0.25, -0.2) is 9.59 Å². The first kappa shape index (κ1) is 10.8. The lowest BCUT2D eigenvalue weighted by molar-refractivity contribution is -0.148. The van der Waals surface area contributed by atoms with Gasteiger partial charge in [0.2, 0.25) is 0 Å². The second-order valence-corrected chi connectivity index (χ2v) is 3.20. The van der Waals surface area contributed by atoms with Crippen molar-refractivity contribution in [3.63, 3.8) is 0 Å². The van der Waals surface area contributed by atoms with Gasteiger partial charge in [0.05, 0.1) is 0 Å².